The van der Waals surface area contributed by atoms with E-state index in [9.17, 15) is 61.5 Å². The highest BCUT2D eigenvalue weighted by Gasteiger charge is 2.93. The van der Waals surface area contributed by atoms with E-state index in [-0.39, 0.29) is 22.3 Å². The Morgan fingerprint density at radius 1 is 0.359 bits per heavy atom. The van der Waals surface area contributed by atoms with Crippen LogP contribution in [0.3, 0.4) is 0 Å². The van der Waals surface area contributed by atoms with Crippen molar-refractivity contribution in [3.8, 4) is 0 Å². The first-order valence-corrected chi connectivity index (χ1v) is 12.1. The number of rotatable bonds is 10. The zero-order chi connectivity index (χ0) is 30.6. The van der Waals surface area contributed by atoms with Gasteiger partial charge in [-0.05, 0) is 97.7 Å². The van der Waals surface area contributed by atoms with E-state index in [0.29, 0.717) is 0 Å². The highest BCUT2D eigenvalue weighted by molar-refractivity contribution is 8.00. The third kappa shape index (κ3) is 5.68. The fourth-order valence-corrected chi connectivity index (χ4v) is 5.45. The van der Waals surface area contributed by atoms with E-state index < -0.39 is 73.4 Å². The van der Waals surface area contributed by atoms with Crippen LogP contribution in [0.5, 0.6) is 0 Å². The molecule has 0 unspecified atom stereocenters. The second-order valence-corrected chi connectivity index (χ2v) is 11.1. The lowest BCUT2D eigenvalue weighted by molar-refractivity contribution is -0.427. The van der Waals surface area contributed by atoms with Gasteiger partial charge in [-0.3, -0.25) is 0 Å². The summed E-state index contributed by atoms with van der Waals surface area (Å²) < 4.78 is 199. The van der Waals surface area contributed by atoms with Gasteiger partial charge in [-0.2, -0.15) is 61.5 Å². The maximum Gasteiger partial charge on any atom is 0.388 e. The molecule has 0 saturated heterocycles. The molecule has 0 aromatic heterocycles. The van der Waals surface area contributed by atoms with Gasteiger partial charge in [0, 0.05) is 9.79 Å². The molecule has 0 radical (unpaired) electrons. The molecule has 0 aliphatic carbocycles. The summed E-state index contributed by atoms with van der Waals surface area (Å²) in [5, 5.41) is -12.6. The molecule has 16 heteroatoms. The lowest BCUT2D eigenvalue weighted by Crippen LogP contribution is -2.72. The zero-order valence-corrected chi connectivity index (χ0v) is 21.7. The van der Waals surface area contributed by atoms with E-state index in [1.165, 1.54) is 39.8 Å². The molecule has 0 aliphatic heterocycles. The fourth-order valence-electron chi connectivity index (χ4n) is 3.36. The van der Waals surface area contributed by atoms with Crippen LogP contribution in [-0.2, 0) is 0 Å². The molecule has 0 nitrogen and oxygen atoms in total. The van der Waals surface area contributed by atoms with Crippen LogP contribution in [0.1, 0.15) is 22.3 Å². The molecular weight excluding hydrogens is 606 g/mol. The van der Waals surface area contributed by atoms with Gasteiger partial charge in [0.15, 0.2) is 0 Å². The van der Waals surface area contributed by atoms with Crippen LogP contribution in [0.15, 0.2) is 46.2 Å². The molecule has 2 rings (SSSR count). The average Bonchev–Trinajstić information content (AvgIpc) is 2.70. The smallest absolute Gasteiger partial charge is 0.192 e. The molecule has 0 heterocycles. The van der Waals surface area contributed by atoms with Crippen molar-refractivity contribution in [2.45, 2.75) is 77.6 Å². The molecule has 220 valence electrons. The highest BCUT2D eigenvalue weighted by Crippen LogP contribution is 2.65. The van der Waals surface area contributed by atoms with Crippen LogP contribution in [0.25, 0.3) is 0 Å². The molecule has 0 amide bonds. The van der Waals surface area contributed by atoms with Crippen LogP contribution >= 0.6 is 23.5 Å². The minimum Gasteiger partial charge on any atom is -0.192 e. The van der Waals surface area contributed by atoms with Gasteiger partial charge in [0.25, 0.3) is 0 Å². The minimum atomic E-state index is -8.11. The number of thioether (sulfide) groups is 2. The summed E-state index contributed by atoms with van der Waals surface area (Å²) in [5.41, 5.74) is 0.513. The van der Waals surface area contributed by atoms with E-state index >= 15 is 0 Å². The van der Waals surface area contributed by atoms with Crippen molar-refractivity contribution in [3.05, 3.63) is 58.7 Å². The van der Waals surface area contributed by atoms with Crippen LogP contribution in [0.4, 0.5) is 61.5 Å². The van der Waals surface area contributed by atoms with E-state index in [2.05, 4.69) is 0 Å². The van der Waals surface area contributed by atoms with Gasteiger partial charge >= 0.3 is 40.1 Å². The molecule has 2 aromatic carbocycles. The molecule has 0 N–H and O–H groups in total. The van der Waals surface area contributed by atoms with Gasteiger partial charge in [-0.15, -0.1) is 0 Å². The van der Waals surface area contributed by atoms with Crippen LogP contribution in [0, 0.1) is 27.7 Å². The van der Waals surface area contributed by atoms with Gasteiger partial charge in [-0.1, -0.05) is 12.1 Å². The van der Waals surface area contributed by atoms with Crippen molar-refractivity contribution < 1.29 is 61.5 Å². The number of alkyl halides is 14. The number of aryl methyl sites for hydroxylation is 4. The van der Waals surface area contributed by atoms with Crippen molar-refractivity contribution >= 4 is 23.5 Å². The number of halogens is 14. The quantitative estimate of drug-likeness (QED) is 0.191. The van der Waals surface area contributed by atoms with E-state index in [1.54, 1.807) is 0 Å². The standard InChI is InChI=1S/C23H18F14S2/c1-11-5-12(2)8-15(7-11)38-22(34,35)20(30,31)18(26,27)17(24,25)19(28,29)21(32,33)23(36,37)39-16-9-13(3)6-14(4)10-16/h5-10H,1-4H3. The molecule has 0 bridgehead atoms. The van der Waals surface area contributed by atoms with E-state index in [1.807, 2.05) is 0 Å². The summed E-state index contributed by atoms with van der Waals surface area (Å²) in [6, 6.07) is 5.61. The largest absolute Gasteiger partial charge is 0.388 e. The molecule has 39 heavy (non-hydrogen) atoms. The first kappa shape index (κ1) is 33.4. The number of hydrogen-bond acceptors (Lipinski definition) is 2. The Morgan fingerprint density at radius 2 is 0.564 bits per heavy atom. The first-order valence-electron chi connectivity index (χ1n) is 10.4. The maximum absolute atomic E-state index is 14.3. The summed E-state index contributed by atoms with van der Waals surface area (Å²) >= 11 is -2.86. The highest BCUT2D eigenvalue weighted by atomic mass is 32.2. The molecule has 0 fully saturated rings. The van der Waals surface area contributed by atoms with Crippen molar-refractivity contribution in [1.82, 2.24) is 0 Å². The summed E-state index contributed by atoms with van der Waals surface area (Å²) in [7, 11) is 0. The Kier molecular flexibility index (Phi) is 8.74. The summed E-state index contributed by atoms with van der Waals surface area (Å²) in [4.78, 5) is -1.77. The van der Waals surface area contributed by atoms with Gasteiger partial charge in [0.1, 0.15) is 0 Å². The SMILES string of the molecule is Cc1cc(C)cc(SC(F)(F)C(F)(F)C(F)(F)C(F)(F)C(F)(F)C(F)(F)C(F)(F)Sc2cc(C)cc(C)c2)c1. The van der Waals surface area contributed by atoms with E-state index in [0.717, 1.165) is 24.3 Å². The molecule has 2 aromatic rings. The monoisotopic (exact) mass is 624 g/mol. The number of hydrogen-bond donors (Lipinski definition) is 0. The van der Waals surface area contributed by atoms with Gasteiger partial charge in [0.05, 0.1) is 0 Å². The molecule has 0 spiro atoms. The van der Waals surface area contributed by atoms with Crippen molar-refractivity contribution in [3.63, 3.8) is 0 Å². The maximum atomic E-state index is 14.3. The predicted molar refractivity (Wildman–Crippen MR) is 118 cm³/mol. The summed E-state index contributed by atoms with van der Waals surface area (Å²) in [6.45, 7) is 5.04. The summed E-state index contributed by atoms with van der Waals surface area (Å²) in [6.07, 6.45) is 0. The Morgan fingerprint density at radius 3 is 0.795 bits per heavy atom. The summed E-state index contributed by atoms with van der Waals surface area (Å²) in [5.74, 6) is -38.9. The lowest BCUT2D eigenvalue weighted by Gasteiger charge is -2.42. The second-order valence-electron chi connectivity index (χ2n) is 8.76. The first-order chi connectivity index (χ1) is 17.2. The predicted octanol–water partition coefficient (Wildman–Crippen LogP) is 10.2. The third-order valence-corrected chi connectivity index (χ3v) is 7.16. The van der Waals surface area contributed by atoms with Gasteiger partial charge < -0.3 is 0 Å². The van der Waals surface area contributed by atoms with Crippen LogP contribution < -0.4 is 0 Å². The van der Waals surface area contributed by atoms with Crippen LogP contribution in [0.2, 0.25) is 0 Å². The molecule has 0 aliphatic rings. The minimum absolute atomic E-state index is 0.128. The Labute approximate surface area is 221 Å². The van der Waals surface area contributed by atoms with E-state index in [4.69, 9.17) is 0 Å². The van der Waals surface area contributed by atoms with Crippen molar-refractivity contribution in [2.24, 2.45) is 0 Å². The average molecular weight is 625 g/mol. The third-order valence-electron chi connectivity index (χ3n) is 5.19. The Hall–Kier alpha value is -1.84. The fraction of sp³-hybridized carbons (Fsp3) is 0.478. The van der Waals surface area contributed by atoms with Gasteiger partial charge in [0.2, 0.25) is 0 Å². The number of benzene rings is 2. The molecule has 0 atom stereocenters. The Bertz CT molecular complexity index is 1080. The zero-order valence-electron chi connectivity index (χ0n) is 20.1. The topological polar surface area (TPSA) is 0 Å². The lowest BCUT2D eigenvalue weighted by atomic mass is 9.94. The van der Waals surface area contributed by atoms with Crippen molar-refractivity contribution in [1.29, 1.82) is 0 Å². The molecular formula is C23H18F14S2. The van der Waals surface area contributed by atoms with Crippen molar-refractivity contribution in [2.75, 3.05) is 0 Å². The Balaban J connectivity index is 2.53. The second kappa shape index (κ2) is 10.2. The van der Waals surface area contributed by atoms with Crippen LogP contribution in [-0.4, -0.2) is 40.1 Å². The molecule has 0 saturated carbocycles. The normalized spacial score (nSPS) is 14.6. The van der Waals surface area contributed by atoms with Gasteiger partial charge in [-0.25, -0.2) is 0 Å².